The van der Waals surface area contributed by atoms with Gasteiger partial charge in [-0.1, -0.05) is 32.9 Å². The van der Waals surface area contributed by atoms with Crippen molar-refractivity contribution in [2.24, 2.45) is 11.3 Å². The van der Waals surface area contributed by atoms with Gasteiger partial charge in [0.05, 0.1) is 0 Å². The Hall–Kier alpha value is -0.860. The molecule has 74 valence electrons. The lowest BCUT2D eigenvalue weighted by Gasteiger charge is -2.39. The second-order valence-electron chi connectivity index (χ2n) is 4.76. The van der Waals surface area contributed by atoms with Crippen LogP contribution >= 0.6 is 0 Å². The second kappa shape index (κ2) is 2.82. The lowest BCUT2D eigenvalue weighted by atomic mass is 9.65. The fourth-order valence-electron chi connectivity index (χ4n) is 1.96. The molecular formula is C10H17NO2. The largest absolute Gasteiger partial charge is 0.264 e. The smallest absolute Gasteiger partial charge is 0.226 e. The molecule has 0 spiro atoms. The van der Waals surface area contributed by atoms with Gasteiger partial charge in [0.2, 0.25) is 5.54 Å². The van der Waals surface area contributed by atoms with Crippen molar-refractivity contribution in [3.63, 3.8) is 0 Å². The van der Waals surface area contributed by atoms with Crippen LogP contribution in [0.5, 0.6) is 0 Å². The normalized spacial score (nSPS) is 37.4. The molecule has 0 saturated carbocycles. The van der Waals surface area contributed by atoms with Crippen LogP contribution in [0.2, 0.25) is 0 Å². The van der Waals surface area contributed by atoms with Crippen LogP contribution in [0.1, 0.15) is 34.1 Å². The van der Waals surface area contributed by atoms with E-state index in [0.29, 0.717) is 6.42 Å². The lowest BCUT2D eigenvalue weighted by molar-refractivity contribution is -0.579. The molecule has 3 nitrogen and oxygen atoms in total. The molecule has 0 aromatic rings. The standard InChI is InChI=1S/C10H17NO2/c1-8-9(2,3)6-5-7-10(8,4)11(12)13/h5-6,8H,7H2,1-4H3. The average molecular weight is 183 g/mol. The predicted molar refractivity (Wildman–Crippen MR) is 52.1 cm³/mol. The highest BCUT2D eigenvalue weighted by Gasteiger charge is 2.50. The molecular weight excluding hydrogens is 166 g/mol. The molecule has 0 saturated heterocycles. The molecule has 1 aliphatic rings. The van der Waals surface area contributed by atoms with Gasteiger partial charge in [-0.2, -0.15) is 0 Å². The van der Waals surface area contributed by atoms with Crippen molar-refractivity contribution in [3.8, 4) is 0 Å². The van der Waals surface area contributed by atoms with Crippen LogP contribution < -0.4 is 0 Å². The number of hydrogen-bond acceptors (Lipinski definition) is 2. The summed E-state index contributed by atoms with van der Waals surface area (Å²) in [5.41, 5.74) is -0.863. The summed E-state index contributed by atoms with van der Waals surface area (Å²) in [6, 6.07) is 0. The molecule has 0 aromatic carbocycles. The number of hydrogen-bond donors (Lipinski definition) is 0. The van der Waals surface area contributed by atoms with Gasteiger partial charge in [-0.3, -0.25) is 10.1 Å². The monoisotopic (exact) mass is 183 g/mol. The fourth-order valence-corrected chi connectivity index (χ4v) is 1.96. The summed E-state index contributed by atoms with van der Waals surface area (Å²) >= 11 is 0. The first-order valence-corrected chi connectivity index (χ1v) is 4.63. The Labute approximate surface area is 79.0 Å². The van der Waals surface area contributed by atoms with Crippen molar-refractivity contribution in [1.82, 2.24) is 0 Å². The first kappa shape index (κ1) is 10.2. The Balaban J connectivity index is 3.06. The first-order chi connectivity index (χ1) is 5.81. The Morgan fingerprint density at radius 3 is 2.38 bits per heavy atom. The van der Waals surface area contributed by atoms with Crippen molar-refractivity contribution in [3.05, 3.63) is 22.3 Å². The zero-order valence-corrected chi connectivity index (χ0v) is 8.70. The van der Waals surface area contributed by atoms with Gasteiger partial charge in [0.15, 0.2) is 0 Å². The summed E-state index contributed by atoms with van der Waals surface area (Å²) in [7, 11) is 0. The summed E-state index contributed by atoms with van der Waals surface area (Å²) in [4.78, 5) is 10.8. The fraction of sp³-hybridized carbons (Fsp3) is 0.800. The SMILES string of the molecule is CC1C(C)(C)C=CCC1(C)[N+](=O)[O-]. The number of nitro groups is 1. The van der Waals surface area contributed by atoms with Crippen LogP contribution in [0.4, 0.5) is 0 Å². The van der Waals surface area contributed by atoms with E-state index in [9.17, 15) is 10.1 Å². The van der Waals surface area contributed by atoms with E-state index >= 15 is 0 Å². The van der Waals surface area contributed by atoms with E-state index in [-0.39, 0.29) is 16.3 Å². The minimum atomic E-state index is -0.793. The molecule has 0 aliphatic heterocycles. The van der Waals surface area contributed by atoms with Gasteiger partial charge in [0, 0.05) is 24.2 Å². The van der Waals surface area contributed by atoms with Gasteiger partial charge < -0.3 is 0 Å². The number of rotatable bonds is 1. The zero-order valence-electron chi connectivity index (χ0n) is 8.70. The van der Waals surface area contributed by atoms with Crippen LogP contribution in [0, 0.1) is 21.4 Å². The summed E-state index contributed by atoms with van der Waals surface area (Å²) in [6.45, 7) is 7.80. The molecule has 2 atom stereocenters. The highest BCUT2D eigenvalue weighted by Crippen LogP contribution is 2.43. The third-order valence-electron chi connectivity index (χ3n) is 3.54. The van der Waals surface area contributed by atoms with Crippen molar-refractivity contribution in [1.29, 1.82) is 0 Å². The van der Waals surface area contributed by atoms with E-state index in [1.165, 1.54) is 0 Å². The van der Waals surface area contributed by atoms with Crippen molar-refractivity contribution < 1.29 is 4.92 Å². The molecule has 0 aromatic heterocycles. The molecule has 1 rings (SSSR count). The van der Waals surface area contributed by atoms with Crippen LogP contribution in [0.25, 0.3) is 0 Å². The minimum absolute atomic E-state index is 0.0694. The maximum Gasteiger partial charge on any atom is 0.226 e. The molecule has 13 heavy (non-hydrogen) atoms. The summed E-state index contributed by atoms with van der Waals surface area (Å²) < 4.78 is 0. The highest BCUT2D eigenvalue weighted by atomic mass is 16.6. The molecule has 2 unspecified atom stereocenters. The van der Waals surface area contributed by atoms with Crippen LogP contribution in [0.15, 0.2) is 12.2 Å². The Bertz CT molecular complexity index is 258. The topological polar surface area (TPSA) is 43.1 Å². The Morgan fingerprint density at radius 1 is 1.46 bits per heavy atom. The first-order valence-electron chi connectivity index (χ1n) is 4.63. The second-order valence-corrected chi connectivity index (χ2v) is 4.76. The molecule has 0 N–H and O–H groups in total. The van der Waals surface area contributed by atoms with E-state index in [2.05, 4.69) is 19.9 Å². The van der Waals surface area contributed by atoms with Gasteiger partial charge in [-0.25, -0.2) is 0 Å². The van der Waals surface area contributed by atoms with E-state index in [1.54, 1.807) is 6.92 Å². The van der Waals surface area contributed by atoms with E-state index in [0.717, 1.165) is 0 Å². The average Bonchev–Trinajstić information content (AvgIpc) is 1.99. The Kier molecular flexibility index (Phi) is 2.22. The Morgan fingerprint density at radius 2 is 2.00 bits per heavy atom. The lowest BCUT2D eigenvalue weighted by Crippen LogP contribution is -2.48. The van der Waals surface area contributed by atoms with Crippen molar-refractivity contribution in [2.45, 2.75) is 39.7 Å². The molecule has 3 heteroatoms. The zero-order chi connectivity index (χ0) is 10.3. The number of allylic oxidation sites excluding steroid dienone is 1. The van der Waals surface area contributed by atoms with E-state index < -0.39 is 5.54 Å². The van der Waals surface area contributed by atoms with Gasteiger partial charge >= 0.3 is 0 Å². The minimum Gasteiger partial charge on any atom is -0.264 e. The van der Waals surface area contributed by atoms with Crippen LogP contribution in [-0.2, 0) is 0 Å². The van der Waals surface area contributed by atoms with E-state index in [4.69, 9.17) is 0 Å². The molecule has 0 fully saturated rings. The van der Waals surface area contributed by atoms with Crippen molar-refractivity contribution in [2.75, 3.05) is 0 Å². The summed E-state index contributed by atoms with van der Waals surface area (Å²) in [5.74, 6) is 0.0694. The van der Waals surface area contributed by atoms with Gasteiger partial charge in [0.25, 0.3) is 0 Å². The third kappa shape index (κ3) is 1.47. The molecule has 0 amide bonds. The quantitative estimate of drug-likeness (QED) is 0.356. The van der Waals surface area contributed by atoms with Crippen molar-refractivity contribution >= 4 is 0 Å². The maximum absolute atomic E-state index is 10.9. The predicted octanol–water partition coefficient (Wildman–Crippen LogP) is 2.64. The van der Waals surface area contributed by atoms with Gasteiger partial charge in [0.1, 0.15) is 0 Å². The molecule has 1 aliphatic carbocycles. The van der Waals surface area contributed by atoms with E-state index in [1.807, 2.05) is 13.0 Å². The summed E-state index contributed by atoms with van der Waals surface area (Å²) in [6.07, 6.45) is 4.57. The molecule has 0 bridgehead atoms. The van der Waals surface area contributed by atoms with Gasteiger partial charge in [-0.05, 0) is 5.41 Å². The highest BCUT2D eigenvalue weighted by molar-refractivity contribution is 5.09. The summed E-state index contributed by atoms with van der Waals surface area (Å²) in [5, 5.41) is 10.9. The molecule has 0 heterocycles. The maximum atomic E-state index is 10.9. The van der Waals surface area contributed by atoms with Crippen LogP contribution in [0.3, 0.4) is 0 Å². The third-order valence-corrected chi connectivity index (χ3v) is 3.54. The van der Waals surface area contributed by atoms with Crippen LogP contribution in [-0.4, -0.2) is 10.5 Å². The number of nitrogens with zero attached hydrogens (tertiary/aromatic N) is 1. The molecule has 0 radical (unpaired) electrons. The van der Waals surface area contributed by atoms with Gasteiger partial charge in [-0.15, -0.1) is 0 Å².